The van der Waals surface area contributed by atoms with Crippen molar-refractivity contribution < 1.29 is 14.3 Å². The quantitative estimate of drug-likeness (QED) is 0.867. The topological polar surface area (TPSA) is 84.7 Å². The highest BCUT2D eigenvalue weighted by atomic mass is 35.5. The first-order chi connectivity index (χ1) is 9.58. The van der Waals surface area contributed by atoms with E-state index in [9.17, 15) is 9.59 Å². The van der Waals surface area contributed by atoms with Gasteiger partial charge in [0.1, 0.15) is 0 Å². The molecule has 1 saturated heterocycles. The van der Waals surface area contributed by atoms with E-state index in [1.165, 1.54) is 0 Å². The summed E-state index contributed by atoms with van der Waals surface area (Å²) < 4.78 is 5.22. The fourth-order valence-corrected chi connectivity index (χ4v) is 1.94. The van der Waals surface area contributed by atoms with Gasteiger partial charge in [0.05, 0.1) is 19.3 Å². The molecule has 0 bridgehead atoms. The van der Waals surface area contributed by atoms with Crippen LogP contribution >= 0.6 is 12.4 Å². The summed E-state index contributed by atoms with van der Waals surface area (Å²) in [6.45, 7) is 3.92. The summed E-state index contributed by atoms with van der Waals surface area (Å²) in [6, 6.07) is 6.28. The molecule has 0 unspecified atom stereocenters. The largest absolute Gasteiger partial charge is 0.378 e. The lowest BCUT2D eigenvalue weighted by Crippen LogP contribution is -2.40. The number of amides is 2. The Morgan fingerprint density at radius 3 is 2.62 bits per heavy atom. The molecule has 1 fully saturated rings. The lowest BCUT2D eigenvalue weighted by atomic mass is 10.1. The van der Waals surface area contributed by atoms with Crippen LogP contribution in [0.1, 0.15) is 17.3 Å². The Balaban J connectivity index is 0.00000220. The van der Waals surface area contributed by atoms with Crippen molar-refractivity contribution in [3.8, 4) is 0 Å². The van der Waals surface area contributed by atoms with Crippen LogP contribution in [0, 0.1) is 0 Å². The molecule has 1 atom stereocenters. The second-order valence-electron chi connectivity index (χ2n) is 4.76. The van der Waals surface area contributed by atoms with Crippen LogP contribution in [0.5, 0.6) is 0 Å². The Morgan fingerprint density at radius 1 is 1.33 bits per heavy atom. The Morgan fingerprint density at radius 2 is 2.00 bits per heavy atom. The minimum absolute atomic E-state index is 0. The molecule has 1 aromatic rings. The Hall–Kier alpha value is -1.63. The highest BCUT2D eigenvalue weighted by Gasteiger charge is 2.18. The molecular weight excluding hydrogens is 294 g/mol. The number of nitrogens with one attached hydrogen (secondary N) is 1. The number of benzene rings is 1. The van der Waals surface area contributed by atoms with Gasteiger partial charge in [-0.05, 0) is 25.1 Å². The maximum atomic E-state index is 12.3. The van der Waals surface area contributed by atoms with Crippen LogP contribution in [-0.4, -0.2) is 49.1 Å². The van der Waals surface area contributed by atoms with Crippen molar-refractivity contribution in [1.29, 1.82) is 0 Å². The molecular formula is C14H20ClN3O3. The van der Waals surface area contributed by atoms with Gasteiger partial charge >= 0.3 is 0 Å². The highest BCUT2D eigenvalue weighted by Crippen LogP contribution is 2.14. The molecule has 1 aliphatic rings. The summed E-state index contributed by atoms with van der Waals surface area (Å²) >= 11 is 0. The standard InChI is InChI=1S/C14H19N3O3.ClH/c1-10(15)13(18)16-12-4-2-3-11(9-12)14(19)17-5-7-20-8-6-17;/h2-4,9-10H,5-8,15H2,1H3,(H,16,18);1H/t10-;/m0./s1. The first kappa shape index (κ1) is 17.4. The number of anilines is 1. The molecule has 0 spiro atoms. The number of nitrogens with zero attached hydrogens (tertiary/aromatic N) is 1. The monoisotopic (exact) mass is 313 g/mol. The average Bonchev–Trinajstić information content (AvgIpc) is 2.47. The zero-order valence-corrected chi connectivity index (χ0v) is 12.7. The molecule has 3 N–H and O–H groups in total. The highest BCUT2D eigenvalue weighted by molar-refractivity contribution is 5.98. The molecule has 21 heavy (non-hydrogen) atoms. The molecule has 2 amide bonds. The van der Waals surface area contributed by atoms with E-state index in [4.69, 9.17) is 10.5 Å². The number of nitrogens with two attached hydrogens (primary N) is 1. The number of hydrogen-bond acceptors (Lipinski definition) is 4. The molecule has 0 radical (unpaired) electrons. The van der Waals surface area contributed by atoms with Crippen molar-refractivity contribution in [3.63, 3.8) is 0 Å². The zero-order chi connectivity index (χ0) is 14.5. The number of ether oxygens (including phenoxy) is 1. The van der Waals surface area contributed by atoms with Gasteiger partial charge in [0.2, 0.25) is 5.91 Å². The molecule has 1 aromatic carbocycles. The van der Waals surface area contributed by atoms with Crippen LogP contribution in [0.4, 0.5) is 5.69 Å². The molecule has 1 aliphatic heterocycles. The average molecular weight is 314 g/mol. The van der Waals surface area contributed by atoms with Crippen molar-refractivity contribution in [1.82, 2.24) is 4.90 Å². The van der Waals surface area contributed by atoms with E-state index in [-0.39, 0.29) is 24.2 Å². The zero-order valence-electron chi connectivity index (χ0n) is 11.9. The molecule has 2 rings (SSSR count). The normalized spacial score (nSPS) is 15.8. The molecule has 1 heterocycles. The summed E-state index contributed by atoms with van der Waals surface area (Å²) in [7, 11) is 0. The third-order valence-corrected chi connectivity index (χ3v) is 3.09. The van der Waals surface area contributed by atoms with Gasteiger partial charge in [-0.1, -0.05) is 6.07 Å². The first-order valence-corrected chi connectivity index (χ1v) is 6.61. The van der Waals surface area contributed by atoms with Crippen molar-refractivity contribution in [3.05, 3.63) is 29.8 Å². The molecule has 0 saturated carbocycles. The van der Waals surface area contributed by atoms with E-state index in [2.05, 4.69) is 5.32 Å². The van der Waals surface area contributed by atoms with Crippen molar-refractivity contribution in [2.45, 2.75) is 13.0 Å². The molecule has 0 aromatic heterocycles. The summed E-state index contributed by atoms with van der Waals surface area (Å²) in [5, 5.41) is 2.68. The first-order valence-electron chi connectivity index (χ1n) is 6.61. The third kappa shape index (κ3) is 4.70. The lowest BCUT2D eigenvalue weighted by Gasteiger charge is -2.27. The molecule has 7 heteroatoms. The van der Waals surface area contributed by atoms with Crippen molar-refractivity contribution >= 4 is 29.9 Å². The van der Waals surface area contributed by atoms with Gasteiger partial charge in [0.15, 0.2) is 0 Å². The number of carbonyl (C=O) groups is 2. The van der Waals surface area contributed by atoms with E-state index >= 15 is 0 Å². The lowest BCUT2D eigenvalue weighted by molar-refractivity contribution is -0.117. The van der Waals surface area contributed by atoms with Gasteiger partial charge in [0.25, 0.3) is 5.91 Å². The Labute approximate surface area is 130 Å². The number of morpholine rings is 1. The summed E-state index contributed by atoms with van der Waals surface area (Å²) in [6.07, 6.45) is 0. The van der Waals surface area contributed by atoms with Gasteiger partial charge in [-0.15, -0.1) is 12.4 Å². The van der Waals surface area contributed by atoms with E-state index in [1.807, 2.05) is 0 Å². The van der Waals surface area contributed by atoms with Gasteiger partial charge in [0, 0.05) is 24.3 Å². The molecule has 6 nitrogen and oxygen atoms in total. The molecule has 116 valence electrons. The minimum Gasteiger partial charge on any atom is -0.378 e. The van der Waals surface area contributed by atoms with Crippen LogP contribution in [0.25, 0.3) is 0 Å². The maximum absolute atomic E-state index is 12.3. The van der Waals surface area contributed by atoms with Crippen LogP contribution in [0.3, 0.4) is 0 Å². The second kappa shape index (κ2) is 7.97. The third-order valence-electron chi connectivity index (χ3n) is 3.09. The van der Waals surface area contributed by atoms with Crippen LogP contribution in [0.2, 0.25) is 0 Å². The van der Waals surface area contributed by atoms with Gasteiger partial charge in [-0.25, -0.2) is 0 Å². The molecule has 0 aliphatic carbocycles. The Bertz CT molecular complexity index is 502. The fraction of sp³-hybridized carbons (Fsp3) is 0.429. The number of carbonyl (C=O) groups excluding carboxylic acids is 2. The summed E-state index contributed by atoms with van der Waals surface area (Å²) in [5.41, 5.74) is 6.62. The van der Waals surface area contributed by atoms with E-state index < -0.39 is 6.04 Å². The SMILES string of the molecule is C[C@H](N)C(=O)Nc1cccc(C(=O)N2CCOCC2)c1.Cl. The summed E-state index contributed by atoms with van der Waals surface area (Å²) in [4.78, 5) is 25.6. The second-order valence-corrected chi connectivity index (χ2v) is 4.76. The van der Waals surface area contributed by atoms with Crippen LogP contribution in [0.15, 0.2) is 24.3 Å². The Kier molecular flexibility index (Phi) is 6.61. The van der Waals surface area contributed by atoms with Crippen molar-refractivity contribution in [2.75, 3.05) is 31.6 Å². The van der Waals surface area contributed by atoms with Gasteiger partial charge < -0.3 is 20.7 Å². The van der Waals surface area contributed by atoms with E-state index in [0.717, 1.165) is 0 Å². The maximum Gasteiger partial charge on any atom is 0.254 e. The van der Waals surface area contributed by atoms with Gasteiger partial charge in [-0.2, -0.15) is 0 Å². The van der Waals surface area contributed by atoms with Crippen LogP contribution in [-0.2, 0) is 9.53 Å². The number of hydrogen-bond donors (Lipinski definition) is 2. The van der Waals surface area contributed by atoms with Gasteiger partial charge in [-0.3, -0.25) is 9.59 Å². The van der Waals surface area contributed by atoms with E-state index in [0.29, 0.717) is 37.6 Å². The van der Waals surface area contributed by atoms with E-state index in [1.54, 1.807) is 36.1 Å². The predicted molar refractivity (Wildman–Crippen MR) is 82.7 cm³/mol. The predicted octanol–water partition coefficient (Wildman–Crippen LogP) is 0.866. The van der Waals surface area contributed by atoms with Crippen molar-refractivity contribution in [2.24, 2.45) is 5.73 Å². The van der Waals surface area contributed by atoms with Crippen LogP contribution < -0.4 is 11.1 Å². The fourth-order valence-electron chi connectivity index (χ4n) is 1.94. The summed E-state index contributed by atoms with van der Waals surface area (Å²) in [5.74, 6) is -0.328. The number of halogens is 1. The smallest absolute Gasteiger partial charge is 0.254 e. The minimum atomic E-state index is -0.589. The number of rotatable bonds is 3.